The number of imidazole rings is 1. The molecule has 2 aromatic carbocycles. The van der Waals surface area contributed by atoms with E-state index in [0.29, 0.717) is 28.2 Å². The molecule has 0 bridgehead atoms. The Morgan fingerprint density at radius 3 is 2.57 bits per heavy atom. The van der Waals surface area contributed by atoms with Crippen molar-refractivity contribution in [1.29, 1.82) is 0 Å². The van der Waals surface area contributed by atoms with Gasteiger partial charge in [-0.15, -0.1) is 0 Å². The minimum atomic E-state index is -3.37. The molecule has 0 aliphatic heterocycles. The molecule has 0 atom stereocenters. The smallest absolute Gasteiger partial charge is 0.180 e. The van der Waals surface area contributed by atoms with Crippen molar-refractivity contribution < 1.29 is 12.8 Å². The lowest BCUT2D eigenvalue weighted by Gasteiger charge is -2.10. The number of anilines is 1. The molecule has 2 heterocycles. The van der Waals surface area contributed by atoms with Gasteiger partial charge in [0.15, 0.2) is 21.3 Å². The first-order chi connectivity index (χ1) is 13.3. The van der Waals surface area contributed by atoms with E-state index in [2.05, 4.69) is 9.97 Å². The number of hydrogen-bond donors (Lipinski definition) is 1. The summed E-state index contributed by atoms with van der Waals surface area (Å²) in [5, 5.41) is 0. The average Bonchev–Trinajstić information content (AvgIpc) is 3.06. The molecule has 2 N–H and O–H groups in total. The topological polar surface area (TPSA) is 90.3 Å². The molecule has 8 heteroatoms. The van der Waals surface area contributed by atoms with Gasteiger partial charge < -0.3 is 5.73 Å². The van der Waals surface area contributed by atoms with E-state index in [9.17, 15) is 12.8 Å². The van der Waals surface area contributed by atoms with Crippen molar-refractivity contribution in [3.63, 3.8) is 0 Å². The number of rotatable bonds is 3. The minimum absolute atomic E-state index is 0.156. The van der Waals surface area contributed by atoms with E-state index in [1.807, 2.05) is 6.92 Å². The fourth-order valence-corrected chi connectivity index (χ4v) is 3.76. The Balaban J connectivity index is 1.99. The van der Waals surface area contributed by atoms with Crippen LogP contribution in [0, 0.1) is 12.7 Å². The molecule has 4 rings (SSSR count). The molecule has 0 amide bonds. The third-order valence-corrected chi connectivity index (χ3v) is 5.69. The molecule has 4 aromatic rings. The predicted octanol–water partition coefficient (Wildman–Crippen LogP) is 3.50. The van der Waals surface area contributed by atoms with Crippen molar-refractivity contribution >= 4 is 21.3 Å². The Hall–Kier alpha value is -3.26. The van der Waals surface area contributed by atoms with E-state index in [-0.39, 0.29) is 10.7 Å². The predicted molar refractivity (Wildman–Crippen MR) is 106 cm³/mol. The van der Waals surface area contributed by atoms with Gasteiger partial charge in [0.1, 0.15) is 5.82 Å². The first-order valence-electron chi connectivity index (χ1n) is 8.45. The Labute approximate surface area is 161 Å². The Morgan fingerprint density at radius 1 is 1.11 bits per heavy atom. The van der Waals surface area contributed by atoms with Crippen LogP contribution in [0.25, 0.3) is 28.2 Å². The second kappa shape index (κ2) is 6.42. The molecular weight excluding hydrogens is 379 g/mol. The SMILES string of the molecule is Cc1ccc(S(C)(=O)=O)cc1-c1cnc2c(N)nc(-c3ccccc3F)cn12. The van der Waals surface area contributed by atoms with Crippen LogP contribution in [0.3, 0.4) is 0 Å². The quantitative estimate of drug-likeness (QED) is 0.572. The molecule has 142 valence electrons. The summed E-state index contributed by atoms with van der Waals surface area (Å²) in [5.74, 6) is -0.255. The molecule has 2 aromatic heterocycles. The molecule has 0 aliphatic carbocycles. The monoisotopic (exact) mass is 396 g/mol. The first kappa shape index (κ1) is 18.1. The van der Waals surface area contributed by atoms with Crippen molar-refractivity contribution in [1.82, 2.24) is 14.4 Å². The standard InChI is InChI=1S/C20H17FN4O2S/c1-12-7-8-13(28(2,26)27)9-15(12)18-10-23-20-19(22)24-17(11-25(18)20)14-5-3-4-6-16(14)21/h3-11H,1-2H3,(H2,22,24). The third kappa shape index (κ3) is 3.01. The number of halogens is 1. The van der Waals surface area contributed by atoms with Crippen LogP contribution in [0.2, 0.25) is 0 Å². The van der Waals surface area contributed by atoms with E-state index in [1.54, 1.807) is 53.2 Å². The van der Waals surface area contributed by atoms with Crippen molar-refractivity contribution in [2.24, 2.45) is 0 Å². The highest BCUT2D eigenvalue weighted by molar-refractivity contribution is 7.90. The Morgan fingerprint density at radius 2 is 1.86 bits per heavy atom. The molecule has 0 saturated heterocycles. The van der Waals surface area contributed by atoms with Crippen LogP contribution in [-0.4, -0.2) is 29.0 Å². The first-order valence-corrected chi connectivity index (χ1v) is 10.3. The zero-order valence-corrected chi connectivity index (χ0v) is 16.0. The van der Waals surface area contributed by atoms with Crippen LogP contribution in [0.1, 0.15) is 5.56 Å². The molecule has 0 radical (unpaired) electrons. The van der Waals surface area contributed by atoms with Gasteiger partial charge in [0.05, 0.1) is 22.5 Å². The zero-order chi connectivity index (χ0) is 20.1. The van der Waals surface area contributed by atoms with Gasteiger partial charge in [0.25, 0.3) is 0 Å². The van der Waals surface area contributed by atoms with E-state index in [4.69, 9.17) is 5.73 Å². The van der Waals surface area contributed by atoms with Crippen molar-refractivity contribution in [2.75, 3.05) is 12.0 Å². The zero-order valence-electron chi connectivity index (χ0n) is 15.2. The van der Waals surface area contributed by atoms with Crippen LogP contribution in [-0.2, 0) is 9.84 Å². The highest BCUT2D eigenvalue weighted by Crippen LogP contribution is 2.30. The summed E-state index contributed by atoms with van der Waals surface area (Å²) in [6, 6.07) is 11.2. The van der Waals surface area contributed by atoms with E-state index < -0.39 is 15.7 Å². The lowest BCUT2D eigenvalue weighted by atomic mass is 10.1. The van der Waals surface area contributed by atoms with Gasteiger partial charge >= 0.3 is 0 Å². The van der Waals surface area contributed by atoms with Gasteiger partial charge in [0.2, 0.25) is 0 Å². The molecule has 0 spiro atoms. The van der Waals surface area contributed by atoms with Crippen LogP contribution in [0.4, 0.5) is 10.2 Å². The normalized spacial score (nSPS) is 11.8. The second-order valence-electron chi connectivity index (χ2n) is 6.58. The number of nitrogens with zero attached hydrogens (tertiary/aromatic N) is 3. The van der Waals surface area contributed by atoms with Crippen molar-refractivity contribution in [3.05, 3.63) is 66.2 Å². The number of aryl methyl sites for hydroxylation is 1. The minimum Gasteiger partial charge on any atom is -0.381 e. The van der Waals surface area contributed by atoms with Gasteiger partial charge in [-0.05, 0) is 36.8 Å². The van der Waals surface area contributed by atoms with Crippen molar-refractivity contribution in [2.45, 2.75) is 11.8 Å². The molecular formula is C20H17FN4O2S. The van der Waals surface area contributed by atoms with Gasteiger partial charge in [-0.25, -0.2) is 22.8 Å². The Bertz CT molecular complexity index is 1330. The number of benzene rings is 2. The van der Waals surface area contributed by atoms with Crippen LogP contribution in [0.15, 0.2) is 59.8 Å². The summed E-state index contributed by atoms with van der Waals surface area (Å²) in [7, 11) is -3.37. The number of nitrogens with two attached hydrogens (primary N) is 1. The van der Waals surface area contributed by atoms with Gasteiger partial charge in [0, 0.05) is 23.6 Å². The number of fused-ring (bicyclic) bond motifs is 1. The van der Waals surface area contributed by atoms with E-state index >= 15 is 0 Å². The van der Waals surface area contributed by atoms with Crippen molar-refractivity contribution in [3.8, 4) is 22.5 Å². The van der Waals surface area contributed by atoms with Gasteiger partial charge in [-0.3, -0.25) is 4.40 Å². The fraction of sp³-hybridized carbons (Fsp3) is 0.100. The summed E-state index contributed by atoms with van der Waals surface area (Å²) in [6.07, 6.45) is 4.42. The molecule has 28 heavy (non-hydrogen) atoms. The molecule has 0 fully saturated rings. The lowest BCUT2D eigenvalue weighted by molar-refractivity contribution is 0.602. The van der Waals surface area contributed by atoms with Crippen LogP contribution < -0.4 is 5.73 Å². The number of aromatic nitrogens is 3. The van der Waals surface area contributed by atoms with E-state index in [1.165, 1.54) is 6.07 Å². The largest absolute Gasteiger partial charge is 0.381 e. The fourth-order valence-electron chi connectivity index (χ4n) is 3.12. The summed E-state index contributed by atoms with van der Waals surface area (Å²) >= 11 is 0. The Kier molecular flexibility index (Phi) is 4.15. The molecule has 6 nitrogen and oxygen atoms in total. The number of hydrogen-bond acceptors (Lipinski definition) is 5. The maximum Gasteiger partial charge on any atom is 0.180 e. The summed E-state index contributed by atoms with van der Waals surface area (Å²) < 4.78 is 39.9. The summed E-state index contributed by atoms with van der Waals surface area (Å²) in [4.78, 5) is 8.80. The average molecular weight is 396 g/mol. The van der Waals surface area contributed by atoms with E-state index in [0.717, 1.165) is 11.8 Å². The maximum absolute atomic E-state index is 14.2. The molecule has 0 unspecified atom stereocenters. The molecule has 0 aliphatic rings. The number of nitrogen functional groups attached to an aromatic ring is 1. The lowest BCUT2D eigenvalue weighted by Crippen LogP contribution is -2.02. The summed E-state index contributed by atoms with van der Waals surface area (Å²) in [5.41, 5.74) is 9.36. The van der Waals surface area contributed by atoms with Gasteiger partial charge in [-0.2, -0.15) is 0 Å². The third-order valence-electron chi connectivity index (χ3n) is 4.58. The van der Waals surface area contributed by atoms with Crippen LogP contribution in [0.5, 0.6) is 0 Å². The highest BCUT2D eigenvalue weighted by atomic mass is 32.2. The van der Waals surface area contributed by atoms with Crippen LogP contribution >= 0.6 is 0 Å². The van der Waals surface area contributed by atoms with Gasteiger partial charge in [-0.1, -0.05) is 18.2 Å². The molecule has 0 saturated carbocycles. The number of sulfone groups is 1. The second-order valence-corrected chi connectivity index (χ2v) is 8.59. The maximum atomic E-state index is 14.2. The highest BCUT2D eigenvalue weighted by Gasteiger charge is 2.17. The summed E-state index contributed by atoms with van der Waals surface area (Å²) in [6.45, 7) is 1.88.